The van der Waals surface area contributed by atoms with E-state index < -0.39 is 5.91 Å². The number of rotatable bonds is 4. The molecular weight excluding hydrogens is 320 g/mol. The van der Waals surface area contributed by atoms with Crippen molar-refractivity contribution in [3.05, 3.63) is 47.3 Å². The van der Waals surface area contributed by atoms with Crippen LogP contribution in [0.25, 0.3) is 0 Å². The third-order valence-corrected chi connectivity index (χ3v) is 4.60. The normalized spacial score (nSPS) is 16.2. The Morgan fingerprint density at radius 3 is 2.92 bits per heavy atom. The molecule has 7 heteroatoms. The van der Waals surface area contributed by atoms with Crippen LogP contribution in [0.5, 0.6) is 0 Å². The Kier molecular flexibility index (Phi) is 4.13. The van der Waals surface area contributed by atoms with Crippen LogP contribution >= 0.6 is 0 Å². The fourth-order valence-electron chi connectivity index (χ4n) is 3.14. The molecule has 0 spiro atoms. The van der Waals surface area contributed by atoms with E-state index in [0.717, 1.165) is 43.7 Å². The zero-order valence-electron chi connectivity index (χ0n) is 13.8. The average Bonchev–Trinajstić information content (AvgIpc) is 3.37. The lowest BCUT2D eigenvalue weighted by atomic mass is 10.0. The van der Waals surface area contributed by atoms with E-state index in [1.165, 1.54) is 5.56 Å². The van der Waals surface area contributed by atoms with Crippen LogP contribution in [0.1, 0.15) is 47.0 Å². The van der Waals surface area contributed by atoms with Gasteiger partial charge in [-0.2, -0.15) is 0 Å². The molecule has 4 rings (SSSR count). The van der Waals surface area contributed by atoms with Gasteiger partial charge in [0.2, 0.25) is 0 Å². The Morgan fingerprint density at radius 2 is 2.08 bits per heavy atom. The number of hydrogen-bond donors (Lipinski definition) is 2. The maximum atomic E-state index is 12.2. The summed E-state index contributed by atoms with van der Waals surface area (Å²) in [5.74, 6) is 0.392. The topological polar surface area (TPSA) is 87.5 Å². The fraction of sp³-hybridized carbons (Fsp3) is 0.389. The lowest BCUT2D eigenvalue weighted by Gasteiger charge is -2.30. The first-order chi connectivity index (χ1) is 12.2. The minimum atomic E-state index is -0.469. The van der Waals surface area contributed by atoms with Crippen LogP contribution in [0, 0.1) is 0 Å². The summed E-state index contributed by atoms with van der Waals surface area (Å²) in [5.41, 5.74) is 7.37. The van der Waals surface area contributed by atoms with Crippen molar-refractivity contribution in [1.82, 2.24) is 16.0 Å². The molecule has 2 N–H and O–H groups in total. The second kappa shape index (κ2) is 6.58. The molecule has 2 amide bonds. The molecule has 1 aliphatic heterocycles. The van der Waals surface area contributed by atoms with Gasteiger partial charge in [-0.1, -0.05) is 23.4 Å². The Bertz CT molecular complexity index is 797. The van der Waals surface area contributed by atoms with Crippen molar-refractivity contribution in [1.29, 1.82) is 0 Å². The van der Waals surface area contributed by atoms with Gasteiger partial charge in [-0.15, -0.1) is 0 Å². The summed E-state index contributed by atoms with van der Waals surface area (Å²) in [5, 5.41) is 3.75. The molecule has 0 bridgehead atoms. The number of para-hydroxylation sites is 1. The van der Waals surface area contributed by atoms with E-state index >= 15 is 0 Å². The molecule has 130 valence electrons. The van der Waals surface area contributed by atoms with Crippen molar-refractivity contribution in [2.75, 3.05) is 18.0 Å². The van der Waals surface area contributed by atoms with E-state index in [4.69, 9.17) is 4.52 Å². The zero-order chi connectivity index (χ0) is 17.2. The quantitative estimate of drug-likeness (QED) is 0.828. The van der Waals surface area contributed by atoms with Crippen LogP contribution in [-0.4, -0.2) is 30.1 Å². The van der Waals surface area contributed by atoms with E-state index in [1.54, 1.807) is 6.07 Å². The number of carbonyl (C=O) groups excluding carboxylic acids is 2. The van der Waals surface area contributed by atoms with Gasteiger partial charge in [0.05, 0.1) is 6.54 Å². The molecule has 0 saturated heterocycles. The first-order valence-corrected chi connectivity index (χ1v) is 8.59. The Morgan fingerprint density at radius 1 is 1.24 bits per heavy atom. The molecular formula is C18H20N4O3. The van der Waals surface area contributed by atoms with Gasteiger partial charge in [-0.25, -0.2) is 0 Å². The summed E-state index contributed by atoms with van der Waals surface area (Å²) in [4.78, 5) is 26.2. The standard InChI is InChI=1S/C18H20N4O3/c23-17(11-22-9-3-5-12-4-1-2-6-15(12)22)19-20-18(24)14-10-16(25-21-14)13-7-8-13/h1-2,4,6,10,13H,3,5,7-9,11H2,(H,19,23)(H,20,24). The average molecular weight is 340 g/mol. The summed E-state index contributed by atoms with van der Waals surface area (Å²) in [6, 6.07) is 9.73. The van der Waals surface area contributed by atoms with E-state index in [-0.39, 0.29) is 18.1 Å². The third kappa shape index (κ3) is 3.50. The molecule has 0 radical (unpaired) electrons. The monoisotopic (exact) mass is 340 g/mol. The number of nitrogens with zero attached hydrogens (tertiary/aromatic N) is 2. The highest BCUT2D eigenvalue weighted by Gasteiger charge is 2.29. The Labute approximate surface area is 145 Å². The highest BCUT2D eigenvalue weighted by atomic mass is 16.5. The summed E-state index contributed by atoms with van der Waals surface area (Å²) in [7, 11) is 0. The molecule has 1 aromatic carbocycles. The Hall–Kier alpha value is -2.83. The predicted octanol–water partition coefficient (Wildman–Crippen LogP) is 1.77. The number of carbonyl (C=O) groups is 2. The van der Waals surface area contributed by atoms with Crippen molar-refractivity contribution < 1.29 is 14.1 Å². The van der Waals surface area contributed by atoms with Crippen molar-refractivity contribution in [2.24, 2.45) is 0 Å². The van der Waals surface area contributed by atoms with E-state index in [2.05, 4.69) is 22.1 Å². The number of hydrogen-bond acceptors (Lipinski definition) is 5. The number of nitrogens with one attached hydrogen (secondary N) is 2. The zero-order valence-corrected chi connectivity index (χ0v) is 13.8. The summed E-state index contributed by atoms with van der Waals surface area (Å²) in [6.07, 6.45) is 4.19. The maximum absolute atomic E-state index is 12.2. The molecule has 2 heterocycles. The first-order valence-electron chi connectivity index (χ1n) is 8.59. The van der Waals surface area contributed by atoms with Crippen molar-refractivity contribution in [2.45, 2.75) is 31.6 Å². The van der Waals surface area contributed by atoms with Gasteiger partial charge < -0.3 is 9.42 Å². The first kappa shape index (κ1) is 15.7. The van der Waals surface area contributed by atoms with Crippen molar-refractivity contribution in [3.63, 3.8) is 0 Å². The largest absolute Gasteiger partial charge is 0.362 e. The second-order valence-electron chi connectivity index (χ2n) is 6.54. The van der Waals surface area contributed by atoms with Crippen LogP contribution in [0.4, 0.5) is 5.69 Å². The van der Waals surface area contributed by atoms with Crippen LogP contribution in [0.2, 0.25) is 0 Å². The fourth-order valence-corrected chi connectivity index (χ4v) is 3.14. The molecule has 2 aliphatic rings. The van der Waals surface area contributed by atoms with Crippen LogP contribution < -0.4 is 15.8 Å². The van der Waals surface area contributed by atoms with Gasteiger partial charge in [-0.05, 0) is 37.3 Å². The van der Waals surface area contributed by atoms with Crippen LogP contribution in [-0.2, 0) is 11.2 Å². The minimum Gasteiger partial charge on any atom is -0.362 e. The highest BCUT2D eigenvalue weighted by molar-refractivity contribution is 5.94. The summed E-state index contributed by atoms with van der Waals surface area (Å²) >= 11 is 0. The number of anilines is 1. The number of aryl methyl sites for hydroxylation is 1. The third-order valence-electron chi connectivity index (χ3n) is 4.60. The smallest absolute Gasteiger partial charge is 0.291 e. The van der Waals surface area contributed by atoms with Crippen molar-refractivity contribution >= 4 is 17.5 Å². The molecule has 7 nitrogen and oxygen atoms in total. The van der Waals surface area contributed by atoms with E-state index in [1.807, 2.05) is 23.1 Å². The molecule has 1 aliphatic carbocycles. The molecule has 1 fully saturated rings. The molecule has 0 atom stereocenters. The number of benzene rings is 1. The van der Waals surface area contributed by atoms with Crippen LogP contribution in [0.15, 0.2) is 34.9 Å². The number of aromatic nitrogens is 1. The van der Waals surface area contributed by atoms with Gasteiger partial charge in [0.15, 0.2) is 5.69 Å². The second-order valence-corrected chi connectivity index (χ2v) is 6.54. The van der Waals surface area contributed by atoms with Crippen LogP contribution in [0.3, 0.4) is 0 Å². The highest BCUT2D eigenvalue weighted by Crippen LogP contribution is 2.40. The molecule has 1 aromatic heterocycles. The van der Waals surface area contributed by atoms with Gasteiger partial charge in [0.1, 0.15) is 5.76 Å². The predicted molar refractivity (Wildman–Crippen MR) is 91.1 cm³/mol. The summed E-state index contributed by atoms with van der Waals surface area (Å²) in [6.45, 7) is 1.02. The molecule has 25 heavy (non-hydrogen) atoms. The number of hydrazine groups is 1. The van der Waals surface area contributed by atoms with Gasteiger partial charge in [0, 0.05) is 24.2 Å². The maximum Gasteiger partial charge on any atom is 0.291 e. The minimum absolute atomic E-state index is 0.186. The SMILES string of the molecule is O=C(CN1CCCc2ccccc21)NNC(=O)c1cc(C2CC2)on1. The lowest BCUT2D eigenvalue weighted by molar-refractivity contribution is -0.120. The Balaban J connectivity index is 1.31. The van der Waals surface area contributed by atoms with E-state index in [9.17, 15) is 9.59 Å². The number of amides is 2. The van der Waals surface area contributed by atoms with Crippen molar-refractivity contribution in [3.8, 4) is 0 Å². The molecule has 1 saturated carbocycles. The lowest BCUT2D eigenvalue weighted by Crippen LogP contribution is -2.47. The summed E-state index contributed by atoms with van der Waals surface area (Å²) < 4.78 is 5.15. The number of fused-ring (bicyclic) bond motifs is 1. The van der Waals surface area contributed by atoms with Gasteiger partial charge in [0.25, 0.3) is 11.8 Å². The van der Waals surface area contributed by atoms with Gasteiger partial charge >= 0.3 is 0 Å². The molecule has 0 unspecified atom stereocenters. The molecule has 2 aromatic rings. The van der Waals surface area contributed by atoms with Gasteiger partial charge in [-0.3, -0.25) is 20.4 Å². The van der Waals surface area contributed by atoms with E-state index in [0.29, 0.717) is 5.92 Å².